The summed E-state index contributed by atoms with van der Waals surface area (Å²) in [6.07, 6.45) is 3.79. The fourth-order valence-corrected chi connectivity index (χ4v) is 1.08. The highest BCUT2D eigenvalue weighted by atomic mass is 16.2. The van der Waals surface area contributed by atoms with Gasteiger partial charge in [-0.3, -0.25) is 5.32 Å². The van der Waals surface area contributed by atoms with Gasteiger partial charge in [0, 0.05) is 12.7 Å². The van der Waals surface area contributed by atoms with E-state index in [1.54, 1.807) is 12.3 Å². The Hall–Kier alpha value is -1.58. The fourth-order valence-electron chi connectivity index (χ4n) is 1.08. The standard InChI is InChI=1S/C11H17N3O/c1-3-4-7-12-11(15)14-10-6-5-9(2)8-13-10/h5-6,8H,3-4,7H2,1-2H3,(H2,12,13,14,15). The minimum atomic E-state index is -0.195. The van der Waals surface area contributed by atoms with Crippen LogP contribution in [0.3, 0.4) is 0 Å². The second kappa shape index (κ2) is 6.01. The van der Waals surface area contributed by atoms with Gasteiger partial charge in [-0.15, -0.1) is 0 Å². The van der Waals surface area contributed by atoms with E-state index in [2.05, 4.69) is 22.5 Å². The summed E-state index contributed by atoms with van der Waals surface area (Å²) < 4.78 is 0. The van der Waals surface area contributed by atoms with E-state index >= 15 is 0 Å². The van der Waals surface area contributed by atoms with Crippen LogP contribution >= 0.6 is 0 Å². The third-order valence-electron chi connectivity index (χ3n) is 1.97. The molecule has 15 heavy (non-hydrogen) atoms. The summed E-state index contributed by atoms with van der Waals surface area (Å²) in [4.78, 5) is 15.4. The van der Waals surface area contributed by atoms with Crippen molar-refractivity contribution in [1.82, 2.24) is 10.3 Å². The van der Waals surface area contributed by atoms with Gasteiger partial charge in [0.1, 0.15) is 5.82 Å². The lowest BCUT2D eigenvalue weighted by atomic mass is 10.3. The summed E-state index contributed by atoms with van der Waals surface area (Å²) in [5.41, 5.74) is 1.08. The molecule has 0 aliphatic heterocycles. The summed E-state index contributed by atoms with van der Waals surface area (Å²) in [5.74, 6) is 0.578. The Bertz CT molecular complexity index is 308. The second-order valence-corrected chi connectivity index (χ2v) is 3.46. The van der Waals surface area contributed by atoms with Crippen LogP contribution in [0.5, 0.6) is 0 Å². The highest BCUT2D eigenvalue weighted by Crippen LogP contribution is 2.03. The van der Waals surface area contributed by atoms with E-state index in [1.807, 2.05) is 13.0 Å². The molecule has 0 aliphatic carbocycles. The van der Waals surface area contributed by atoms with Gasteiger partial charge in [-0.1, -0.05) is 19.4 Å². The maximum absolute atomic E-state index is 11.3. The molecule has 2 amide bonds. The molecule has 1 heterocycles. The van der Waals surface area contributed by atoms with Crippen molar-refractivity contribution >= 4 is 11.8 Å². The molecule has 0 spiro atoms. The van der Waals surface area contributed by atoms with Crippen molar-refractivity contribution in [2.75, 3.05) is 11.9 Å². The van der Waals surface area contributed by atoms with E-state index in [0.29, 0.717) is 12.4 Å². The quantitative estimate of drug-likeness (QED) is 0.744. The molecule has 0 unspecified atom stereocenters. The Morgan fingerprint density at radius 2 is 2.27 bits per heavy atom. The lowest BCUT2D eigenvalue weighted by molar-refractivity contribution is 0.252. The molecule has 4 nitrogen and oxygen atoms in total. The molecule has 1 rings (SSSR count). The Labute approximate surface area is 90.1 Å². The summed E-state index contributed by atoms with van der Waals surface area (Å²) in [7, 11) is 0. The third-order valence-corrected chi connectivity index (χ3v) is 1.97. The molecular weight excluding hydrogens is 190 g/mol. The van der Waals surface area contributed by atoms with Crippen molar-refractivity contribution in [3.8, 4) is 0 Å². The first-order valence-electron chi connectivity index (χ1n) is 5.20. The van der Waals surface area contributed by atoms with E-state index in [-0.39, 0.29) is 6.03 Å². The highest BCUT2D eigenvalue weighted by Gasteiger charge is 2.00. The average molecular weight is 207 g/mol. The van der Waals surface area contributed by atoms with Crippen molar-refractivity contribution < 1.29 is 4.79 Å². The van der Waals surface area contributed by atoms with Crippen LogP contribution in [-0.4, -0.2) is 17.6 Å². The maximum atomic E-state index is 11.3. The largest absolute Gasteiger partial charge is 0.338 e. The zero-order chi connectivity index (χ0) is 11.1. The van der Waals surface area contributed by atoms with Gasteiger partial charge in [0.25, 0.3) is 0 Å². The van der Waals surface area contributed by atoms with Crippen LogP contribution in [0.2, 0.25) is 0 Å². The number of carbonyl (C=O) groups is 1. The first-order chi connectivity index (χ1) is 7.22. The van der Waals surface area contributed by atoms with E-state index in [9.17, 15) is 4.79 Å². The van der Waals surface area contributed by atoms with Gasteiger partial charge < -0.3 is 5.32 Å². The number of nitrogens with one attached hydrogen (secondary N) is 2. The minimum absolute atomic E-state index is 0.195. The Kier molecular flexibility index (Phi) is 4.60. The summed E-state index contributed by atoms with van der Waals surface area (Å²) >= 11 is 0. The smallest absolute Gasteiger partial charge is 0.320 e. The molecule has 82 valence electrons. The van der Waals surface area contributed by atoms with Crippen LogP contribution in [0, 0.1) is 6.92 Å². The van der Waals surface area contributed by atoms with Gasteiger partial charge in [0.05, 0.1) is 0 Å². The number of hydrogen-bond donors (Lipinski definition) is 2. The Balaban J connectivity index is 2.34. The molecule has 1 aromatic heterocycles. The zero-order valence-electron chi connectivity index (χ0n) is 9.21. The predicted octanol–water partition coefficient (Wildman–Crippen LogP) is 2.31. The van der Waals surface area contributed by atoms with Crippen molar-refractivity contribution in [2.24, 2.45) is 0 Å². The molecule has 0 radical (unpaired) electrons. The predicted molar refractivity (Wildman–Crippen MR) is 60.9 cm³/mol. The first-order valence-corrected chi connectivity index (χ1v) is 5.20. The topological polar surface area (TPSA) is 54.0 Å². The van der Waals surface area contributed by atoms with Crippen LogP contribution in [-0.2, 0) is 0 Å². The number of hydrogen-bond acceptors (Lipinski definition) is 2. The van der Waals surface area contributed by atoms with E-state index in [0.717, 1.165) is 18.4 Å². The highest BCUT2D eigenvalue weighted by molar-refractivity contribution is 5.88. The number of nitrogens with zero attached hydrogens (tertiary/aromatic N) is 1. The summed E-state index contributed by atoms with van der Waals surface area (Å²) in [5, 5.41) is 5.42. The van der Waals surface area contributed by atoms with E-state index in [1.165, 1.54) is 0 Å². The van der Waals surface area contributed by atoms with Gasteiger partial charge in [-0.05, 0) is 25.0 Å². The molecule has 0 aromatic carbocycles. The van der Waals surface area contributed by atoms with Gasteiger partial charge in [-0.2, -0.15) is 0 Å². The monoisotopic (exact) mass is 207 g/mol. The SMILES string of the molecule is CCCCNC(=O)Nc1ccc(C)cn1. The number of pyridine rings is 1. The molecule has 2 N–H and O–H groups in total. The third kappa shape index (κ3) is 4.44. The number of aromatic nitrogens is 1. The van der Waals surface area contributed by atoms with Crippen molar-refractivity contribution in [3.63, 3.8) is 0 Å². The zero-order valence-corrected chi connectivity index (χ0v) is 9.21. The summed E-state index contributed by atoms with van der Waals surface area (Å²) in [6, 6.07) is 3.50. The van der Waals surface area contributed by atoms with Crippen LogP contribution in [0.15, 0.2) is 18.3 Å². The average Bonchev–Trinajstić information content (AvgIpc) is 2.22. The normalized spacial score (nSPS) is 9.73. The lowest BCUT2D eigenvalue weighted by Crippen LogP contribution is -2.29. The van der Waals surface area contributed by atoms with Crippen LogP contribution in [0.4, 0.5) is 10.6 Å². The molecule has 0 aliphatic rings. The minimum Gasteiger partial charge on any atom is -0.338 e. The van der Waals surface area contributed by atoms with Gasteiger partial charge in [0.15, 0.2) is 0 Å². The molecule has 1 aromatic rings. The first kappa shape index (κ1) is 11.5. The van der Waals surface area contributed by atoms with Gasteiger partial charge >= 0.3 is 6.03 Å². The Morgan fingerprint density at radius 1 is 1.47 bits per heavy atom. The van der Waals surface area contributed by atoms with E-state index < -0.39 is 0 Å². The second-order valence-electron chi connectivity index (χ2n) is 3.46. The van der Waals surface area contributed by atoms with Gasteiger partial charge in [0.2, 0.25) is 0 Å². The van der Waals surface area contributed by atoms with E-state index in [4.69, 9.17) is 0 Å². The summed E-state index contributed by atoms with van der Waals surface area (Å²) in [6.45, 7) is 4.74. The molecule has 0 saturated heterocycles. The van der Waals surface area contributed by atoms with Crippen LogP contribution in [0.1, 0.15) is 25.3 Å². The number of amides is 2. The number of aryl methyl sites for hydroxylation is 1. The lowest BCUT2D eigenvalue weighted by Gasteiger charge is -2.06. The van der Waals surface area contributed by atoms with Crippen molar-refractivity contribution in [3.05, 3.63) is 23.9 Å². The van der Waals surface area contributed by atoms with Crippen molar-refractivity contribution in [1.29, 1.82) is 0 Å². The number of unbranched alkanes of at least 4 members (excludes halogenated alkanes) is 1. The molecule has 0 fully saturated rings. The molecule has 0 atom stereocenters. The van der Waals surface area contributed by atoms with Gasteiger partial charge in [-0.25, -0.2) is 9.78 Å². The molecule has 4 heteroatoms. The Morgan fingerprint density at radius 3 is 2.87 bits per heavy atom. The fraction of sp³-hybridized carbons (Fsp3) is 0.455. The maximum Gasteiger partial charge on any atom is 0.320 e. The number of rotatable bonds is 4. The molecule has 0 saturated carbocycles. The molecule has 0 bridgehead atoms. The van der Waals surface area contributed by atoms with Crippen LogP contribution in [0.25, 0.3) is 0 Å². The number of anilines is 1. The van der Waals surface area contributed by atoms with Crippen molar-refractivity contribution in [2.45, 2.75) is 26.7 Å². The number of carbonyl (C=O) groups excluding carboxylic acids is 1. The molecular formula is C11H17N3O. The number of urea groups is 1. The van der Waals surface area contributed by atoms with Crippen LogP contribution < -0.4 is 10.6 Å².